The van der Waals surface area contributed by atoms with Crippen LogP contribution in [0.25, 0.3) is 16.8 Å². The maximum atomic E-state index is 14.7. The Morgan fingerprint density at radius 1 is 1.08 bits per heavy atom. The van der Waals surface area contributed by atoms with Crippen molar-refractivity contribution in [1.82, 2.24) is 29.5 Å². The van der Waals surface area contributed by atoms with Gasteiger partial charge in [-0.2, -0.15) is 18.3 Å². The third kappa shape index (κ3) is 5.42. The van der Waals surface area contributed by atoms with E-state index >= 15 is 0 Å². The molecule has 1 amide bonds. The van der Waals surface area contributed by atoms with Crippen LogP contribution in [0.3, 0.4) is 0 Å². The molecule has 4 aromatic rings. The van der Waals surface area contributed by atoms with Gasteiger partial charge in [0.05, 0.1) is 42.9 Å². The van der Waals surface area contributed by atoms with Gasteiger partial charge in [0.25, 0.3) is 0 Å². The number of amides is 1. The van der Waals surface area contributed by atoms with Gasteiger partial charge < -0.3 is 10.2 Å². The highest BCUT2D eigenvalue weighted by Crippen LogP contribution is 2.28. The van der Waals surface area contributed by atoms with Gasteiger partial charge in [-0.1, -0.05) is 13.8 Å². The number of pyridine rings is 2. The lowest BCUT2D eigenvalue weighted by Crippen LogP contribution is -2.52. The molecular formula is C25H24F4N8O. The predicted octanol–water partition coefficient (Wildman–Crippen LogP) is 4.40. The summed E-state index contributed by atoms with van der Waals surface area (Å²) in [5.41, 5.74) is 3.03. The molecule has 0 atom stereocenters. The van der Waals surface area contributed by atoms with Crippen molar-refractivity contribution in [2.75, 3.05) is 36.4 Å². The van der Waals surface area contributed by atoms with Crippen molar-refractivity contribution in [3.8, 4) is 11.3 Å². The van der Waals surface area contributed by atoms with Crippen LogP contribution < -0.4 is 10.2 Å². The van der Waals surface area contributed by atoms with E-state index in [1.165, 1.54) is 11.1 Å². The molecule has 0 saturated carbocycles. The normalized spacial score (nSPS) is 15.0. The van der Waals surface area contributed by atoms with E-state index in [4.69, 9.17) is 0 Å². The fraction of sp³-hybridized carbons (Fsp3) is 0.320. The predicted molar refractivity (Wildman–Crippen MR) is 133 cm³/mol. The average Bonchev–Trinajstić information content (AvgIpc) is 3.29. The number of rotatable bonds is 6. The van der Waals surface area contributed by atoms with Crippen LogP contribution >= 0.6 is 0 Å². The van der Waals surface area contributed by atoms with E-state index in [2.05, 4.69) is 39.2 Å². The first-order chi connectivity index (χ1) is 18.1. The Morgan fingerprint density at radius 2 is 1.89 bits per heavy atom. The summed E-state index contributed by atoms with van der Waals surface area (Å²) in [6, 6.07) is 6.76. The average molecular weight is 529 g/mol. The number of nitrogens with zero attached hydrogens (tertiary/aromatic N) is 7. The zero-order valence-electron chi connectivity index (χ0n) is 20.6. The summed E-state index contributed by atoms with van der Waals surface area (Å²) in [7, 11) is 0. The first kappa shape index (κ1) is 25.5. The molecule has 1 N–H and O–H groups in total. The molecule has 4 aromatic heterocycles. The van der Waals surface area contributed by atoms with Crippen LogP contribution in [-0.4, -0.2) is 67.7 Å². The van der Waals surface area contributed by atoms with Crippen molar-refractivity contribution in [2.24, 2.45) is 0 Å². The quantitative estimate of drug-likeness (QED) is 0.371. The van der Waals surface area contributed by atoms with E-state index in [1.807, 2.05) is 6.07 Å². The van der Waals surface area contributed by atoms with Crippen molar-refractivity contribution < 1.29 is 22.4 Å². The molecule has 198 valence electrons. The molecule has 0 radical (unpaired) electrons. The van der Waals surface area contributed by atoms with E-state index in [9.17, 15) is 22.4 Å². The van der Waals surface area contributed by atoms with E-state index in [0.717, 1.165) is 22.2 Å². The van der Waals surface area contributed by atoms with Gasteiger partial charge in [0.1, 0.15) is 11.5 Å². The Hall–Kier alpha value is -4.13. The van der Waals surface area contributed by atoms with Gasteiger partial charge in [0.2, 0.25) is 11.9 Å². The summed E-state index contributed by atoms with van der Waals surface area (Å²) >= 11 is 0. The summed E-state index contributed by atoms with van der Waals surface area (Å²) in [6.45, 7) is 2.88. The lowest BCUT2D eigenvalue weighted by atomic mass is 10.0. The van der Waals surface area contributed by atoms with Gasteiger partial charge in [0, 0.05) is 30.4 Å². The van der Waals surface area contributed by atoms with Gasteiger partial charge >= 0.3 is 6.18 Å². The number of carbonyl (C=O) groups is 1. The Kier molecular flexibility index (Phi) is 6.69. The molecule has 0 spiro atoms. The minimum atomic E-state index is -4.36. The number of anilines is 3. The van der Waals surface area contributed by atoms with E-state index in [1.54, 1.807) is 35.1 Å². The second-order valence-corrected chi connectivity index (χ2v) is 9.29. The van der Waals surface area contributed by atoms with E-state index in [-0.39, 0.29) is 37.2 Å². The van der Waals surface area contributed by atoms with Crippen LogP contribution in [0.15, 0.2) is 49.1 Å². The summed E-state index contributed by atoms with van der Waals surface area (Å²) in [6.07, 6.45) is 1.68. The summed E-state index contributed by atoms with van der Waals surface area (Å²) in [5, 5.41) is 7.25. The maximum absolute atomic E-state index is 14.7. The van der Waals surface area contributed by atoms with Crippen molar-refractivity contribution in [1.29, 1.82) is 0 Å². The molecule has 0 aromatic carbocycles. The maximum Gasteiger partial charge on any atom is 0.401 e. The van der Waals surface area contributed by atoms with Crippen LogP contribution in [0.1, 0.15) is 25.3 Å². The molecule has 1 fully saturated rings. The monoisotopic (exact) mass is 528 g/mol. The fourth-order valence-corrected chi connectivity index (χ4v) is 4.34. The van der Waals surface area contributed by atoms with Crippen molar-refractivity contribution in [3.63, 3.8) is 0 Å². The highest BCUT2D eigenvalue weighted by Gasteiger charge is 2.34. The molecule has 0 unspecified atom stereocenters. The number of halogens is 4. The molecule has 38 heavy (non-hydrogen) atoms. The van der Waals surface area contributed by atoms with Crippen molar-refractivity contribution in [2.45, 2.75) is 25.9 Å². The topological polar surface area (TPSA) is 91.6 Å². The molecule has 5 heterocycles. The lowest BCUT2D eigenvalue weighted by Gasteiger charge is -2.34. The number of carbonyl (C=O) groups excluding carboxylic acids is 1. The molecule has 1 aliphatic rings. The number of hydrogen-bond acceptors (Lipinski definition) is 7. The summed E-state index contributed by atoms with van der Waals surface area (Å²) < 4.78 is 54.3. The Balaban J connectivity index is 1.31. The second-order valence-electron chi connectivity index (χ2n) is 9.29. The minimum absolute atomic E-state index is 0.0984. The summed E-state index contributed by atoms with van der Waals surface area (Å²) in [4.78, 5) is 27.5. The smallest absolute Gasteiger partial charge is 0.309 e. The Bertz CT molecular complexity index is 1470. The van der Waals surface area contributed by atoms with Crippen LogP contribution in [0.5, 0.6) is 0 Å². The van der Waals surface area contributed by atoms with Gasteiger partial charge in [-0.05, 0) is 30.2 Å². The first-order valence-corrected chi connectivity index (χ1v) is 11.9. The van der Waals surface area contributed by atoms with E-state index < -0.39 is 24.4 Å². The molecule has 1 aliphatic heterocycles. The number of fused-ring (bicyclic) bond motifs is 1. The third-order valence-electron chi connectivity index (χ3n) is 6.19. The Labute approximate surface area is 215 Å². The number of aromatic nitrogens is 5. The zero-order valence-corrected chi connectivity index (χ0v) is 20.6. The number of hydrogen-bond donors (Lipinski definition) is 1. The summed E-state index contributed by atoms with van der Waals surface area (Å²) in [5.74, 6) is -0.315. The fourth-order valence-electron chi connectivity index (χ4n) is 4.34. The molecule has 1 saturated heterocycles. The highest BCUT2D eigenvalue weighted by molar-refractivity contribution is 5.95. The molecule has 0 bridgehead atoms. The van der Waals surface area contributed by atoms with Crippen LogP contribution in [0.4, 0.5) is 35.0 Å². The SMILES string of the molecule is CC(C)c1cnn2ccc(-c3nc(Nc4ccc(N5CCN(CC(F)(F)F)CC5=O)cn4)ncc3F)cc12. The van der Waals surface area contributed by atoms with Crippen molar-refractivity contribution >= 4 is 28.9 Å². The van der Waals surface area contributed by atoms with Gasteiger partial charge in [-0.15, -0.1) is 0 Å². The highest BCUT2D eigenvalue weighted by atomic mass is 19.4. The van der Waals surface area contributed by atoms with Gasteiger partial charge in [-0.3, -0.25) is 9.69 Å². The zero-order chi connectivity index (χ0) is 27.0. The van der Waals surface area contributed by atoms with Crippen LogP contribution in [-0.2, 0) is 4.79 Å². The van der Waals surface area contributed by atoms with Crippen LogP contribution in [0, 0.1) is 5.82 Å². The molecule has 13 heteroatoms. The van der Waals surface area contributed by atoms with Gasteiger partial charge in [0.15, 0.2) is 5.82 Å². The standard InChI is InChI=1S/C25H24F4N8O/c1-15(2)18-11-32-37-6-5-16(9-20(18)37)23-19(26)12-31-24(34-23)33-21-4-3-17(10-30-21)36-8-7-35(13-22(36)38)14-25(27,28)29/h3-6,9-12,15H,7-8,13-14H2,1-2H3,(H,30,31,33,34). The molecule has 0 aliphatic carbocycles. The second kappa shape index (κ2) is 9.97. The number of piperazine rings is 1. The molecular weight excluding hydrogens is 504 g/mol. The lowest BCUT2D eigenvalue weighted by molar-refractivity contribution is -0.150. The first-order valence-electron chi connectivity index (χ1n) is 11.9. The third-order valence-corrected chi connectivity index (χ3v) is 6.19. The number of alkyl halides is 3. The van der Waals surface area contributed by atoms with Crippen LogP contribution in [0.2, 0.25) is 0 Å². The van der Waals surface area contributed by atoms with Gasteiger partial charge in [-0.25, -0.2) is 23.9 Å². The minimum Gasteiger partial charge on any atom is -0.309 e. The van der Waals surface area contributed by atoms with E-state index in [0.29, 0.717) is 17.1 Å². The molecule has 9 nitrogen and oxygen atoms in total. The largest absolute Gasteiger partial charge is 0.401 e. The Morgan fingerprint density at radius 3 is 2.58 bits per heavy atom. The number of nitrogens with one attached hydrogen (secondary N) is 1. The molecule has 5 rings (SSSR count). The van der Waals surface area contributed by atoms with Crippen molar-refractivity contribution in [3.05, 3.63) is 60.4 Å².